The quantitative estimate of drug-likeness (QED) is 0.734. The molecule has 0 aliphatic carbocycles. The summed E-state index contributed by atoms with van der Waals surface area (Å²) >= 11 is 0. The average Bonchev–Trinajstić information content (AvgIpc) is 2.66. The molecule has 18 heavy (non-hydrogen) atoms. The van der Waals surface area contributed by atoms with Gasteiger partial charge >= 0.3 is 6.09 Å². The zero-order valence-electron chi connectivity index (χ0n) is 9.30. The van der Waals surface area contributed by atoms with E-state index in [4.69, 9.17) is 15.4 Å². The molecule has 7 heteroatoms. The van der Waals surface area contributed by atoms with E-state index in [1.165, 1.54) is 12.1 Å². The minimum atomic E-state index is -3.73. The lowest BCUT2D eigenvalue weighted by Gasteiger charge is -2.28. The third kappa shape index (κ3) is 1.85. The van der Waals surface area contributed by atoms with E-state index in [9.17, 15) is 13.2 Å². The van der Waals surface area contributed by atoms with Gasteiger partial charge in [-0.2, -0.15) is 0 Å². The molecule has 0 N–H and O–H groups in total. The van der Waals surface area contributed by atoms with Crippen LogP contribution in [0.4, 0.5) is 4.79 Å². The minimum Gasteiger partial charge on any atom is -0.447 e. The molecule has 1 aromatic carbocycles. The van der Waals surface area contributed by atoms with Gasteiger partial charge in [0.1, 0.15) is 6.61 Å². The Hall–Kier alpha value is -1.27. The Morgan fingerprint density at radius 3 is 2.83 bits per heavy atom. The number of nitrogens with zero attached hydrogens (tertiary/aromatic N) is 1. The van der Waals surface area contributed by atoms with Crippen LogP contribution in [0.1, 0.15) is 11.1 Å². The summed E-state index contributed by atoms with van der Waals surface area (Å²) in [6.07, 6.45) is 0.341. The fraction of sp³-hybridized carbons (Fsp3) is 0.364. The van der Waals surface area contributed by atoms with E-state index in [2.05, 4.69) is 0 Å². The Bertz CT molecular complexity index is 628. The van der Waals surface area contributed by atoms with Crippen LogP contribution in [0.3, 0.4) is 0 Å². The number of benzene rings is 1. The van der Waals surface area contributed by atoms with Crippen molar-refractivity contribution in [2.45, 2.75) is 23.9 Å². The zero-order valence-corrected chi connectivity index (χ0v) is 10.9. The van der Waals surface area contributed by atoms with Crippen molar-refractivity contribution in [1.82, 2.24) is 4.90 Å². The summed E-state index contributed by atoms with van der Waals surface area (Å²) in [5, 5.41) is 0. The van der Waals surface area contributed by atoms with Gasteiger partial charge in [-0.05, 0) is 29.7 Å². The topological polar surface area (TPSA) is 63.7 Å². The molecule has 5 nitrogen and oxygen atoms in total. The lowest BCUT2D eigenvalue weighted by molar-refractivity contribution is 0.155. The smallest absolute Gasteiger partial charge is 0.410 e. The van der Waals surface area contributed by atoms with Crippen molar-refractivity contribution < 1.29 is 17.9 Å². The molecular weight excluding hydrogens is 278 g/mol. The monoisotopic (exact) mass is 287 g/mol. The van der Waals surface area contributed by atoms with Gasteiger partial charge in [0, 0.05) is 17.2 Å². The number of carbonyl (C=O) groups is 1. The molecule has 1 aromatic rings. The van der Waals surface area contributed by atoms with E-state index < -0.39 is 9.05 Å². The third-order valence-corrected chi connectivity index (χ3v) is 4.68. The zero-order chi connectivity index (χ0) is 12.9. The van der Waals surface area contributed by atoms with Crippen molar-refractivity contribution >= 4 is 25.8 Å². The van der Waals surface area contributed by atoms with Crippen LogP contribution in [0, 0.1) is 0 Å². The summed E-state index contributed by atoms with van der Waals surface area (Å²) < 4.78 is 27.5. The number of hydrogen-bond acceptors (Lipinski definition) is 4. The summed E-state index contributed by atoms with van der Waals surface area (Å²) in [7, 11) is 1.57. The number of fused-ring (bicyclic) bond motifs is 2. The highest BCUT2D eigenvalue weighted by molar-refractivity contribution is 8.13. The maximum absolute atomic E-state index is 11.5. The molecule has 2 heterocycles. The first-order chi connectivity index (χ1) is 8.45. The number of hydrogen-bond donors (Lipinski definition) is 0. The molecular formula is C11H10ClNO4S. The molecule has 1 fully saturated rings. The van der Waals surface area contributed by atoms with Crippen molar-refractivity contribution in [1.29, 1.82) is 0 Å². The van der Waals surface area contributed by atoms with Gasteiger partial charge in [0.25, 0.3) is 9.05 Å². The Kier molecular flexibility index (Phi) is 2.53. The molecule has 0 radical (unpaired) electrons. The van der Waals surface area contributed by atoms with Crippen molar-refractivity contribution in [3.63, 3.8) is 0 Å². The summed E-state index contributed by atoms with van der Waals surface area (Å²) in [5.41, 5.74) is 1.85. The van der Waals surface area contributed by atoms with Crippen LogP contribution >= 0.6 is 10.7 Å². The van der Waals surface area contributed by atoms with E-state index in [0.29, 0.717) is 19.6 Å². The second kappa shape index (κ2) is 3.86. The van der Waals surface area contributed by atoms with Crippen LogP contribution < -0.4 is 0 Å². The van der Waals surface area contributed by atoms with Gasteiger partial charge in [0.2, 0.25) is 0 Å². The highest BCUT2D eigenvalue weighted by Crippen LogP contribution is 2.30. The minimum absolute atomic E-state index is 0.0588. The van der Waals surface area contributed by atoms with Gasteiger partial charge in [-0.1, -0.05) is 6.07 Å². The molecule has 2 aliphatic rings. The number of carbonyl (C=O) groups excluding carboxylic acids is 1. The molecule has 1 amide bonds. The Morgan fingerprint density at radius 1 is 1.33 bits per heavy atom. The Balaban J connectivity index is 2.01. The van der Waals surface area contributed by atoms with Crippen LogP contribution in [0.15, 0.2) is 23.1 Å². The first kappa shape index (κ1) is 11.8. The SMILES string of the molecule is O=C1OCC2Cc3ccc(S(=O)(=O)Cl)cc3CN12. The Morgan fingerprint density at radius 2 is 2.11 bits per heavy atom. The molecule has 0 spiro atoms. The lowest BCUT2D eigenvalue weighted by atomic mass is 9.95. The highest BCUT2D eigenvalue weighted by Gasteiger charge is 2.37. The van der Waals surface area contributed by atoms with Crippen molar-refractivity contribution in [2.75, 3.05) is 6.61 Å². The number of ether oxygens (including phenoxy) is 1. The van der Waals surface area contributed by atoms with Gasteiger partial charge in [-0.3, -0.25) is 4.90 Å². The summed E-state index contributed by atoms with van der Waals surface area (Å²) in [5.74, 6) is 0. The highest BCUT2D eigenvalue weighted by atomic mass is 35.7. The van der Waals surface area contributed by atoms with E-state index in [-0.39, 0.29) is 17.0 Å². The average molecular weight is 288 g/mol. The van der Waals surface area contributed by atoms with E-state index in [0.717, 1.165) is 11.1 Å². The van der Waals surface area contributed by atoms with E-state index in [1.807, 2.05) is 0 Å². The third-order valence-electron chi connectivity index (χ3n) is 3.33. The fourth-order valence-corrected chi connectivity index (χ4v) is 3.19. The van der Waals surface area contributed by atoms with E-state index >= 15 is 0 Å². The molecule has 0 bridgehead atoms. The molecule has 2 aliphatic heterocycles. The summed E-state index contributed by atoms with van der Waals surface area (Å²) in [6.45, 7) is 0.771. The summed E-state index contributed by atoms with van der Waals surface area (Å²) in [4.78, 5) is 13.1. The van der Waals surface area contributed by atoms with Crippen molar-refractivity contribution in [3.8, 4) is 0 Å². The second-order valence-electron chi connectivity index (χ2n) is 4.43. The van der Waals surface area contributed by atoms with Gasteiger partial charge in [-0.15, -0.1) is 0 Å². The van der Waals surface area contributed by atoms with Crippen LogP contribution in [0.2, 0.25) is 0 Å². The molecule has 1 unspecified atom stereocenters. The second-order valence-corrected chi connectivity index (χ2v) is 7.00. The van der Waals surface area contributed by atoms with Crippen molar-refractivity contribution in [3.05, 3.63) is 29.3 Å². The summed E-state index contributed by atoms with van der Waals surface area (Å²) in [6, 6.07) is 4.84. The molecule has 1 saturated heterocycles. The van der Waals surface area contributed by atoms with Gasteiger partial charge in [0.15, 0.2) is 0 Å². The number of halogens is 1. The van der Waals surface area contributed by atoms with Crippen LogP contribution in [-0.2, 0) is 26.8 Å². The first-order valence-corrected chi connectivity index (χ1v) is 7.76. The number of amides is 1. The van der Waals surface area contributed by atoms with Gasteiger partial charge < -0.3 is 4.74 Å². The molecule has 1 atom stereocenters. The number of cyclic esters (lactones) is 1. The molecule has 0 saturated carbocycles. The maximum Gasteiger partial charge on any atom is 0.410 e. The van der Waals surface area contributed by atoms with Crippen LogP contribution in [0.25, 0.3) is 0 Å². The fourth-order valence-electron chi connectivity index (χ4n) is 2.39. The van der Waals surface area contributed by atoms with Crippen molar-refractivity contribution in [2.24, 2.45) is 0 Å². The normalized spacial score (nSPS) is 22.4. The lowest BCUT2D eigenvalue weighted by Crippen LogP contribution is -2.38. The number of rotatable bonds is 1. The predicted molar refractivity (Wildman–Crippen MR) is 63.9 cm³/mol. The van der Waals surface area contributed by atoms with Gasteiger partial charge in [0.05, 0.1) is 10.9 Å². The standard InChI is InChI=1S/C11H10ClNO4S/c12-18(15,16)10-2-1-7-3-9-6-17-11(14)13(9)5-8(7)4-10/h1-2,4,9H,3,5-6H2. The largest absolute Gasteiger partial charge is 0.447 e. The van der Waals surface area contributed by atoms with Gasteiger partial charge in [-0.25, -0.2) is 13.2 Å². The Labute approximate surface area is 109 Å². The molecule has 96 valence electrons. The van der Waals surface area contributed by atoms with Crippen LogP contribution in [-0.4, -0.2) is 32.1 Å². The predicted octanol–water partition coefficient (Wildman–Crippen LogP) is 1.49. The van der Waals surface area contributed by atoms with Crippen LogP contribution in [0.5, 0.6) is 0 Å². The first-order valence-electron chi connectivity index (χ1n) is 5.45. The van der Waals surface area contributed by atoms with E-state index in [1.54, 1.807) is 11.0 Å². The molecule has 0 aromatic heterocycles. The maximum atomic E-state index is 11.5. The molecule has 3 rings (SSSR count).